The number of esters is 1. The van der Waals surface area contributed by atoms with E-state index in [9.17, 15) is 19.7 Å². The zero-order chi connectivity index (χ0) is 15.8. The molecule has 1 aromatic rings. The minimum atomic E-state index is -0.807. The fourth-order valence-electron chi connectivity index (χ4n) is 1.73. The smallest absolute Gasteiger partial charge is 0.328 e. The van der Waals surface area contributed by atoms with Crippen LogP contribution in [0.15, 0.2) is 36.9 Å². The minimum absolute atomic E-state index is 0.0632. The number of nitro groups is 1. The molecule has 112 valence electrons. The first-order valence-corrected chi connectivity index (χ1v) is 6.19. The predicted molar refractivity (Wildman–Crippen MR) is 75.6 cm³/mol. The molecule has 0 aliphatic rings. The number of non-ortho nitro benzene ring substituents is 1. The maximum absolute atomic E-state index is 11.9. The number of rotatable bonds is 7. The van der Waals surface area contributed by atoms with Gasteiger partial charge in [0.1, 0.15) is 6.04 Å². The summed E-state index contributed by atoms with van der Waals surface area (Å²) in [6.45, 7) is 3.51. The highest BCUT2D eigenvalue weighted by Gasteiger charge is 2.20. The van der Waals surface area contributed by atoms with Crippen molar-refractivity contribution in [1.29, 1.82) is 0 Å². The molecule has 1 atom stereocenters. The molecule has 0 fully saturated rings. The summed E-state index contributed by atoms with van der Waals surface area (Å²) >= 11 is 0. The molecule has 0 saturated carbocycles. The van der Waals surface area contributed by atoms with E-state index in [1.807, 2.05) is 0 Å². The molecule has 0 spiro atoms. The minimum Gasteiger partial charge on any atom is -0.467 e. The van der Waals surface area contributed by atoms with Crippen LogP contribution in [-0.2, 0) is 20.7 Å². The molecule has 0 aliphatic carbocycles. The lowest BCUT2D eigenvalue weighted by Crippen LogP contribution is -2.41. The third-order valence-electron chi connectivity index (χ3n) is 2.71. The van der Waals surface area contributed by atoms with Crippen LogP contribution in [0.25, 0.3) is 0 Å². The quantitative estimate of drug-likeness (QED) is 0.354. The van der Waals surface area contributed by atoms with E-state index in [1.165, 1.54) is 31.4 Å². The lowest BCUT2D eigenvalue weighted by molar-refractivity contribution is -0.384. The first-order valence-electron chi connectivity index (χ1n) is 6.19. The molecule has 0 bridgehead atoms. The average Bonchev–Trinajstić information content (AvgIpc) is 2.46. The van der Waals surface area contributed by atoms with Crippen molar-refractivity contribution in [1.82, 2.24) is 5.32 Å². The molecular weight excluding hydrogens is 276 g/mol. The SMILES string of the molecule is C=CC[C@@H](NC(=O)Cc1cccc([N+](=O)[O-])c1)C(=O)OC. The van der Waals surface area contributed by atoms with Crippen molar-refractivity contribution >= 4 is 17.6 Å². The zero-order valence-electron chi connectivity index (χ0n) is 11.6. The molecule has 21 heavy (non-hydrogen) atoms. The van der Waals surface area contributed by atoms with Gasteiger partial charge in [0.25, 0.3) is 5.69 Å². The highest BCUT2D eigenvalue weighted by molar-refractivity contribution is 5.85. The van der Waals surface area contributed by atoms with Crippen LogP contribution in [0.5, 0.6) is 0 Å². The second-order valence-electron chi connectivity index (χ2n) is 4.27. The largest absolute Gasteiger partial charge is 0.467 e. The number of hydrogen-bond donors (Lipinski definition) is 1. The predicted octanol–water partition coefficient (Wildman–Crippen LogP) is 1.37. The van der Waals surface area contributed by atoms with Gasteiger partial charge in [0.2, 0.25) is 5.91 Å². The van der Waals surface area contributed by atoms with E-state index in [-0.39, 0.29) is 18.5 Å². The summed E-state index contributed by atoms with van der Waals surface area (Å²) in [4.78, 5) is 33.5. The van der Waals surface area contributed by atoms with E-state index in [0.29, 0.717) is 5.56 Å². The van der Waals surface area contributed by atoms with Crippen LogP contribution in [0.2, 0.25) is 0 Å². The molecule has 1 amide bonds. The van der Waals surface area contributed by atoms with Gasteiger partial charge in [0.15, 0.2) is 0 Å². The molecule has 1 N–H and O–H groups in total. The van der Waals surface area contributed by atoms with Crippen molar-refractivity contribution in [3.05, 3.63) is 52.6 Å². The summed E-state index contributed by atoms with van der Waals surface area (Å²) in [6.07, 6.45) is 1.68. The second-order valence-corrected chi connectivity index (χ2v) is 4.27. The van der Waals surface area contributed by atoms with Crippen LogP contribution >= 0.6 is 0 Å². The van der Waals surface area contributed by atoms with Crippen molar-refractivity contribution in [2.45, 2.75) is 18.9 Å². The summed E-state index contributed by atoms with van der Waals surface area (Å²) in [5.41, 5.74) is 0.403. The first-order chi connectivity index (χ1) is 9.97. The summed E-state index contributed by atoms with van der Waals surface area (Å²) in [7, 11) is 1.23. The Balaban J connectivity index is 2.71. The van der Waals surface area contributed by atoms with Crippen molar-refractivity contribution in [3.63, 3.8) is 0 Å². The molecule has 7 heteroatoms. The molecular formula is C14H16N2O5. The summed E-state index contributed by atoms with van der Waals surface area (Å²) in [5, 5.41) is 13.2. The van der Waals surface area contributed by atoms with Crippen LogP contribution in [0.1, 0.15) is 12.0 Å². The van der Waals surface area contributed by atoms with Crippen LogP contribution in [0.4, 0.5) is 5.69 Å². The monoisotopic (exact) mass is 292 g/mol. The van der Waals surface area contributed by atoms with Gasteiger partial charge in [0, 0.05) is 12.1 Å². The van der Waals surface area contributed by atoms with Gasteiger partial charge < -0.3 is 10.1 Å². The van der Waals surface area contributed by atoms with Gasteiger partial charge in [-0.1, -0.05) is 18.2 Å². The number of benzene rings is 1. The number of ether oxygens (including phenoxy) is 1. The molecule has 1 rings (SSSR count). The Bertz CT molecular complexity index is 556. The second kappa shape index (κ2) is 7.78. The number of hydrogen-bond acceptors (Lipinski definition) is 5. The molecule has 0 radical (unpaired) electrons. The van der Waals surface area contributed by atoms with Gasteiger partial charge >= 0.3 is 5.97 Å². The number of methoxy groups -OCH3 is 1. The molecule has 7 nitrogen and oxygen atoms in total. The van der Waals surface area contributed by atoms with E-state index in [4.69, 9.17) is 0 Å². The van der Waals surface area contributed by atoms with Gasteiger partial charge in [-0.05, 0) is 12.0 Å². The summed E-state index contributed by atoms with van der Waals surface area (Å²) < 4.78 is 4.58. The highest BCUT2D eigenvalue weighted by atomic mass is 16.6. The highest BCUT2D eigenvalue weighted by Crippen LogP contribution is 2.13. The number of nitro benzene ring substituents is 1. The fourth-order valence-corrected chi connectivity index (χ4v) is 1.73. The Morgan fingerprint density at radius 1 is 1.52 bits per heavy atom. The normalized spacial score (nSPS) is 11.3. The molecule has 0 aliphatic heterocycles. The summed E-state index contributed by atoms with van der Waals surface area (Å²) in [6, 6.07) is 4.96. The average molecular weight is 292 g/mol. The molecule has 0 heterocycles. The number of nitrogens with zero attached hydrogens (tertiary/aromatic N) is 1. The van der Waals surface area contributed by atoms with Crippen LogP contribution in [-0.4, -0.2) is 30.0 Å². The van der Waals surface area contributed by atoms with Crippen LogP contribution in [0, 0.1) is 10.1 Å². The van der Waals surface area contributed by atoms with E-state index in [1.54, 1.807) is 6.07 Å². The van der Waals surface area contributed by atoms with Gasteiger partial charge in [-0.2, -0.15) is 0 Å². The topological polar surface area (TPSA) is 98.5 Å². The first kappa shape index (κ1) is 16.4. The lowest BCUT2D eigenvalue weighted by Gasteiger charge is -2.14. The number of carbonyl (C=O) groups is 2. The molecule has 0 unspecified atom stereocenters. The fraction of sp³-hybridized carbons (Fsp3) is 0.286. The Labute approximate surface area is 121 Å². The van der Waals surface area contributed by atoms with Crippen molar-refractivity contribution in [3.8, 4) is 0 Å². The Morgan fingerprint density at radius 2 is 2.24 bits per heavy atom. The van der Waals surface area contributed by atoms with Gasteiger partial charge in [-0.3, -0.25) is 14.9 Å². The lowest BCUT2D eigenvalue weighted by atomic mass is 10.1. The molecule has 1 aromatic carbocycles. The van der Waals surface area contributed by atoms with E-state index in [0.717, 1.165) is 0 Å². The molecule has 0 saturated heterocycles. The Kier molecular flexibility index (Phi) is 6.06. The number of carbonyl (C=O) groups excluding carboxylic acids is 2. The Morgan fingerprint density at radius 3 is 2.81 bits per heavy atom. The maximum Gasteiger partial charge on any atom is 0.328 e. The molecule has 0 aromatic heterocycles. The van der Waals surface area contributed by atoms with Crippen molar-refractivity contribution in [2.24, 2.45) is 0 Å². The van der Waals surface area contributed by atoms with Gasteiger partial charge in [0.05, 0.1) is 18.5 Å². The Hall–Kier alpha value is -2.70. The van der Waals surface area contributed by atoms with Gasteiger partial charge in [-0.15, -0.1) is 6.58 Å². The van der Waals surface area contributed by atoms with E-state index in [2.05, 4.69) is 16.6 Å². The maximum atomic E-state index is 11.9. The number of amides is 1. The standard InChI is InChI=1S/C14H16N2O5/c1-3-5-12(14(18)21-2)15-13(17)9-10-6-4-7-11(8-10)16(19)20/h3-4,6-8,12H,1,5,9H2,2H3,(H,15,17)/t12-/m1/s1. The van der Waals surface area contributed by atoms with Crippen LogP contribution in [0.3, 0.4) is 0 Å². The third kappa shape index (κ3) is 5.06. The number of nitrogens with one attached hydrogen (secondary N) is 1. The third-order valence-corrected chi connectivity index (χ3v) is 2.71. The summed E-state index contributed by atoms with van der Waals surface area (Å²) in [5.74, 6) is -0.991. The zero-order valence-corrected chi connectivity index (χ0v) is 11.6. The van der Waals surface area contributed by atoms with Gasteiger partial charge in [-0.25, -0.2) is 4.79 Å². The van der Waals surface area contributed by atoms with Crippen molar-refractivity contribution < 1.29 is 19.2 Å². The van der Waals surface area contributed by atoms with E-state index >= 15 is 0 Å². The van der Waals surface area contributed by atoms with Crippen molar-refractivity contribution in [2.75, 3.05) is 7.11 Å². The van der Waals surface area contributed by atoms with Crippen LogP contribution < -0.4 is 5.32 Å². The van der Waals surface area contributed by atoms with E-state index < -0.39 is 22.8 Å².